The molecule has 0 bridgehead atoms. The quantitative estimate of drug-likeness (QED) is 0.610. The Labute approximate surface area is 113 Å². The summed E-state index contributed by atoms with van der Waals surface area (Å²) in [6, 6.07) is 0. The summed E-state index contributed by atoms with van der Waals surface area (Å²) in [6.07, 6.45) is 8.05. The molecule has 0 unspecified atom stereocenters. The highest BCUT2D eigenvalue weighted by molar-refractivity contribution is 5.75. The number of hydrogen-bond donors (Lipinski definition) is 1. The molecule has 0 aromatic rings. The predicted molar refractivity (Wildman–Crippen MR) is 78.5 cm³/mol. The van der Waals surface area contributed by atoms with Gasteiger partial charge in [0.15, 0.2) is 0 Å². The van der Waals surface area contributed by atoms with Gasteiger partial charge in [-0.2, -0.15) is 0 Å². The Morgan fingerprint density at radius 2 is 1.67 bits per heavy atom. The van der Waals surface area contributed by atoms with E-state index in [4.69, 9.17) is 5.73 Å². The van der Waals surface area contributed by atoms with E-state index in [0.29, 0.717) is 13.0 Å². The van der Waals surface area contributed by atoms with Crippen LogP contribution in [0.1, 0.15) is 65.7 Å². The van der Waals surface area contributed by atoms with Gasteiger partial charge in [0.05, 0.1) is 0 Å². The van der Waals surface area contributed by atoms with E-state index in [2.05, 4.69) is 20.8 Å². The number of amides is 1. The lowest BCUT2D eigenvalue weighted by Crippen LogP contribution is -2.39. The van der Waals surface area contributed by atoms with Crippen molar-refractivity contribution < 1.29 is 4.79 Å². The van der Waals surface area contributed by atoms with Crippen LogP contribution in [0.25, 0.3) is 0 Å². The van der Waals surface area contributed by atoms with Crippen LogP contribution in [-0.2, 0) is 4.79 Å². The second-order valence-corrected chi connectivity index (χ2v) is 6.14. The lowest BCUT2D eigenvalue weighted by molar-refractivity contribution is -0.131. The van der Waals surface area contributed by atoms with Crippen molar-refractivity contribution in [1.29, 1.82) is 0 Å². The van der Waals surface area contributed by atoms with Gasteiger partial charge in [0.1, 0.15) is 0 Å². The van der Waals surface area contributed by atoms with Crippen LogP contribution in [0.5, 0.6) is 0 Å². The molecule has 0 aromatic heterocycles. The lowest BCUT2D eigenvalue weighted by atomic mass is 9.93. The zero-order chi connectivity index (χ0) is 14.0. The summed E-state index contributed by atoms with van der Waals surface area (Å²) in [5, 5.41) is 0. The van der Waals surface area contributed by atoms with E-state index in [0.717, 1.165) is 13.0 Å². The predicted octanol–water partition coefficient (Wildman–Crippen LogP) is 3.18. The molecule has 0 radical (unpaired) electrons. The first kappa shape index (κ1) is 17.4. The van der Waals surface area contributed by atoms with Crippen molar-refractivity contribution in [3.05, 3.63) is 0 Å². The van der Waals surface area contributed by atoms with Gasteiger partial charge in [-0.25, -0.2) is 0 Å². The van der Waals surface area contributed by atoms with Crippen molar-refractivity contribution in [3.63, 3.8) is 0 Å². The van der Waals surface area contributed by atoms with Gasteiger partial charge >= 0.3 is 0 Å². The minimum absolute atomic E-state index is 0.0194. The molecule has 0 aromatic carbocycles. The first-order valence-corrected chi connectivity index (χ1v) is 7.37. The standard InChI is InChI=1S/C15H32N2O/c1-5-6-7-8-9-10-11-14(18)17(4)13-15(2,3)12-16/h5-13,16H2,1-4H3. The molecule has 1 amide bonds. The summed E-state index contributed by atoms with van der Waals surface area (Å²) in [4.78, 5) is 13.7. The molecule has 3 heteroatoms. The Morgan fingerprint density at radius 1 is 1.11 bits per heavy atom. The minimum Gasteiger partial charge on any atom is -0.345 e. The van der Waals surface area contributed by atoms with Crippen LogP contribution in [-0.4, -0.2) is 30.9 Å². The highest BCUT2D eigenvalue weighted by atomic mass is 16.2. The Kier molecular flexibility index (Phi) is 9.08. The maximum atomic E-state index is 11.9. The Balaban J connectivity index is 3.69. The molecule has 3 nitrogen and oxygen atoms in total. The first-order chi connectivity index (χ1) is 8.43. The van der Waals surface area contributed by atoms with Gasteiger partial charge in [0.25, 0.3) is 0 Å². The number of unbranched alkanes of at least 4 members (excludes halogenated alkanes) is 5. The van der Waals surface area contributed by atoms with Crippen molar-refractivity contribution in [2.75, 3.05) is 20.1 Å². The third-order valence-corrected chi connectivity index (χ3v) is 3.39. The molecule has 0 heterocycles. The molecule has 2 N–H and O–H groups in total. The average molecular weight is 256 g/mol. The van der Waals surface area contributed by atoms with E-state index in [1.165, 1.54) is 32.1 Å². The summed E-state index contributed by atoms with van der Waals surface area (Å²) in [5.74, 6) is 0.256. The number of rotatable bonds is 10. The topological polar surface area (TPSA) is 46.3 Å². The molecule has 0 aliphatic carbocycles. The van der Waals surface area contributed by atoms with E-state index in [-0.39, 0.29) is 11.3 Å². The molecular formula is C15H32N2O. The first-order valence-electron chi connectivity index (χ1n) is 7.37. The Morgan fingerprint density at radius 3 is 2.22 bits per heavy atom. The molecule has 0 aliphatic rings. The van der Waals surface area contributed by atoms with Gasteiger partial charge in [0, 0.05) is 20.0 Å². The summed E-state index contributed by atoms with van der Waals surface area (Å²) in [5.41, 5.74) is 5.70. The highest BCUT2D eigenvalue weighted by Gasteiger charge is 2.20. The van der Waals surface area contributed by atoms with Crippen LogP contribution in [0.2, 0.25) is 0 Å². The average Bonchev–Trinajstić information content (AvgIpc) is 2.32. The summed E-state index contributed by atoms with van der Waals surface area (Å²) >= 11 is 0. The molecule has 18 heavy (non-hydrogen) atoms. The lowest BCUT2D eigenvalue weighted by Gasteiger charge is -2.29. The fourth-order valence-corrected chi connectivity index (χ4v) is 2.04. The van der Waals surface area contributed by atoms with Gasteiger partial charge in [-0.15, -0.1) is 0 Å². The van der Waals surface area contributed by atoms with Gasteiger partial charge in [-0.05, 0) is 18.4 Å². The number of nitrogens with zero attached hydrogens (tertiary/aromatic N) is 1. The minimum atomic E-state index is 0.0194. The van der Waals surface area contributed by atoms with E-state index < -0.39 is 0 Å². The molecule has 0 rings (SSSR count). The van der Waals surface area contributed by atoms with Crippen LogP contribution in [0.4, 0.5) is 0 Å². The van der Waals surface area contributed by atoms with Crippen molar-refractivity contribution >= 4 is 5.91 Å². The maximum Gasteiger partial charge on any atom is 0.222 e. The molecule has 0 spiro atoms. The summed E-state index contributed by atoms with van der Waals surface area (Å²) in [7, 11) is 1.89. The fraction of sp³-hybridized carbons (Fsp3) is 0.933. The Bertz CT molecular complexity index is 227. The van der Waals surface area contributed by atoms with Crippen LogP contribution in [0.3, 0.4) is 0 Å². The molecule has 0 fully saturated rings. The van der Waals surface area contributed by atoms with Crippen LogP contribution in [0, 0.1) is 5.41 Å². The molecule has 0 aliphatic heterocycles. The molecule has 0 saturated carbocycles. The molecule has 108 valence electrons. The third kappa shape index (κ3) is 8.51. The molecule has 0 atom stereocenters. The van der Waals surface area contributed by atoms with Crippen LogP contribution >= 0.6 is 0 Å². The second-order valence-electron chi connectivity index (χ2n) is 6.14. The zero-order valence-electron chi connectivity index (χ0n) is 12.8. The monoisotopic (exact) mass is 256 g/mol. The largest absolute Gasteiger partial charge is 0.345 e. The number of hydrogen-bond acceptors (Lipinski definition) is 2. The van der Waals surface area contributed by atoms with Crippen molar-refractivity contribution in [2.24, 2.45) is 11.1 Å². The third-order valence-electron chi connectivity index (χ3n) is 3.39. The van der Waals surface area contributed by atoms with Gasteiger partial charge in [0.2, 0.25) is 5.91 Å². The van der Waals surface area contributed by atoms with Crippen LogP contribution < -0.4 is 5.73 Å². The van der Waals surface area contributed by atoms with E-state index in [1.807, 2.05) is 11.9 Å². The van der Waals surface area contributed by atoms with Gasteiger partial charge in [-0.1, -0.05) is 52.9 Å². The SMILES string of the molecule is CCCCCCCCC(=O)N(C)CC(C)(C)CN. The Hall–Kier alpha value is -0.570. The highest BCUT2D eigenvalue weighted by Crippen LogP contribution is 2.15. The summed E-state index contributed by atoms with van der Waals surface area (Å²) < 4.78 is 0. The van der Waals surface area contributed by atoms with Crippen molar-refractivity contribution in [1.82, 2.24) is 4.90 Å². The number of nitrogens with two attached hydrogens (primary N) is 1. The summed E-state index contributed by atoms with van der Waals surface area (Å²) in [6.45, 7) is 7.78. The smallest absolute Gasteiger partial charge is 0.222 e. The van der Waals surface area contributed by atoms with Crippen molar-refractivity contribution in [3.8, 4) is 0 Å². The van der Waals surface area contributed by atoms with E-state index >= 15 is 0 Å². The number of carbonyl (C=O) groups is 1. The van der Waals surface area contributed by atoms with Crippen LogP contribution in [0.15, 0.2) is 0 Å². The van der Waals surface area contributed by atoms with Gasteiger partial charge in [-0.3, -0.25) is 4.79 Å². The number of carbonyl (C=O) groups excluding carboxylic acids is 1. The van der Waals surface area contributed by atoms with E-state index in [1.54, 1.807) is 0 Å². The maximum absolute atomic E-state index is 11.9. The normalized spacial score (nSPS) is 11.6. The van der Waals surface area contributed by atoms with Gasteiger partial charge < -0.3 is 10.6 Å². The van der Waals surface area contributed by atoms with Crippen molar-refractivity contribution in [2.45, 2.75) is 65.7 Å². The molecule has 0 saturated heterocycles. The molecular weight excluding hydrogens is 224 g/mol. The van der Waals surface area contributed by atoms with E-state index in [9.17, 15) is 4.79 Å². The zero-order valence-corrected chi connectivity index (χ0v) is 12.8. The second kappa shape index (κ2) is 9.37. The fourth-order valence-electron chi connectivity index (χ4n) is 2.04.